The molecule has 0 radical (unpaired) electrons. The third-order valence-corrected chi connectivity index (χ3v) is 10.0. The molecule has 10 heteroatoms. The number of aromatic nitrogens is 1. The standard InChI is InChI=1S/C43H42N2O6S.H3N/c1-28-7-5-8-38-40(28)51-42(45-38)34-20-24-36(25-21-34)44-41(47)37(27-29-10-12-33(13-11-29)39(46)9-6-26-52(48,49)50)32-16-14-30(15-17-32)31-18-22-35(23-19-31)43(2,3)4;/h5,7-8,10-25,37H,6,9,26-27H2,1-4H3,(H,44,47)(H,48,49,50);1H3/t37-;/m0./s1. The van der Waals surface area contributed by atoms with Crippen molar-refractivity contribution in [3.63, 3.8) is 0 Å². The number of oxazole rings is 1. The molecule has 9 nitrogen and oxygen atoms in total. The van der Waals surface area contributed by atoms with Gasteiger partial charge in [0.1, 0.15) is 5.52 Å². The lowest BCUT2D eigenvalue weighted by Crippen LogP contribution is -2.23. The summed E-state index contributed by atoms with van der Waals surface area (Å²) in [5, 5.41) is 3.09. The Hall–Kier alpha value is -5.42. The molecule has 53 heavy (non-hydrogen) atoms. The van der Waals surface area contributed by atoms with Crippen LogP contribution >= 0.6 is 0 Å². The number of rotatable bonds is 12. The quantitative estimate of drug-likeness (QED) is 0.0934. The van der Waals surface area contributed by atoms with Crippen molar-refractivity contribution in [2.24, 2.45) is 0 Å². The summed E-state index contributed by atoms with van der Waals surface area (Å²) in [6.45, 7) is 8.54. The summed E-state index contributed by atoms with van der Waals surface area (Å²) in [7, 11) is -4.37. The number of nitrogens with zero attached hydrogens (tertiary/aromatic N) is 1. The first-order valence-corrected chi connectivity index (χ1v) is 18.9. The van der Waals surface area contributed by atoms with E-state index in [2.05, 4.69) is 55.3 Å². The van der Waals surface area contributed by atoms with Crippen LogP contribution in [0.2, 0.25) is 0 Å². The zero-order chi connectivity index (χ0) is 37.0. The van der Waals surface area contributed by atoms with E-state index in [-0.39, 0.29) is 36.1 Å². The summed E-state index contributed by atoms with van der Waals surface area (Å²) in [5.74, 6) is -1.06. The molecular weight excluding hydrogens is 687 g/mol. The number of anilines is 1. The Morgan fingerprint density at radius 1 is 0.811 bits per heavy atom. The molecule has 5 N–H and O–H groups in total. The molecule has 1 heterocycles. The molecule has 6 aromatic rings. The molecule has 6 rings (SSSR count). The Bertz CT molecular complexity index is 2310. The lowest BCUT2D eigenvalue weighted by Gasteiger charge is -2.20. The van der Waals surface area contributed by atoms with Crippen molar-refractivity contribution in [1.82, 2.24) is 11.1 Å². The summed E-state index contributed by atoms with van der Waals surface area (Å²) in [4.78, 5) is 31.3. The molecular formula is C43H45N3O6S. The van der Waals surface area contributed by atoms with Crippen molar-refractivity contribution in [1.29, 1.82) is 0 Å². The average molecular weight is 732 g/mol. The lowest BCUT2D eigenvalue weighted by molar-refractivity contribution is -0.117. The van der Waals surface area contributed by atoms with E-state index in [0.717, 1.165) is 44.5 Å². The molecule has 0 bridgehead atoms. The third kappa shape index (κ3) is 9.72. The number of fused-ring (bicyclic) bond motifs is 1. The van der Waals surface area contributed by atoms with Crippen LogP contribution < -0.4 is 11.5 Å². The summed E-state index contributed by atoms with van der Waals surface area (Å²) in [5.41, 5.74) is 9.51. The van der Waals surface area contributed by atoms with Crippen molar-refractivity contribution >= 4 is 38.6 Å². The predicted octanol–water partition coefficient (Wildman–Crippen LogP) is 9.62. The predicted molar refractivity (Wildman–Crippen MR) is 210 cm³/mol. The van der Waals surface area contributed by atoms with Crippen LogP contribution in [-0.2, 0) is 26.7 Å². The monoisotopic (exact) mass is 731 g/mol. The Kier molecular flexibility index (Phi) is 11.8. The van der Waals surface area contributed by atoms with Gasteiger partial charge >= 0.3 is 0 Å². The lowest BCUT2D eigenvalue weighted by atomic mass is 9.86. The van der Waals surface area contributed by atoms with Gasteiger partial charge < -0.3 is 20.4 Å². The smallest absolute Gasteiger partial charge is 0.232 e. The Morgan fingerprint density at radius 3 is 2.00 bits per heavy atom. The fourth-order valence-corrected chi connectivity index (χ4v) is 6.68. The van der Waals surface area contributed by atoms with Gasteiger partial charge in [0.2, 0.25) is 11.8 Å². The summed E-state index contributed by atoms with van der Waals surface area (Å²) in [6, 6.07) is 36.8. The van der Waals surface area contributed by atoms with E-state index in [4.69, 9.17) is 4.42 Å². The van der Waals surface area contributed by atoms with Gasteiger partial charge in [0.15, 0.2) is 11.4 Å². The minimum Gasteiger partial charge on any atom is -0.748 e. The summed E-state index contributed by atoms with van der Waals surface area (Å²) in [6.07, 6.45) is 0.303. The maximum absolute atomic E-state index is 14.0. The molecule has 0 aliphatic rings. The second kappa shape index (κ2) is 16.1. The van der Waals surface area contributed by atoms with E-state index in [1.54, 1.807) is 24.3 Å². The van der Waals surface area contributed by atoms with Gasteiger partial charge in [0, 0.05) is 29.0 Å². The van der Waals surface area contributed by atoms with Gasteiger partial charge in [-0.05, 0) is 88.9 Å². The van der Waals surface area contributed by atoms with Crippen LogP contribution in [0.4, 0.5) is 5.69 Å². The highest BCUT2D eigenvalue weighted by Crippen LogP contribution is 2.31. The number of nitrogens with one attached hydrogen (secondary N) is 1. The van der Waals surface area contributed by atoms with Gasteiger partial charge in [0.05, 0.1) is 16.0 Å². The van der Waals surface area contributed by atoms with Crippen LogP contribution in [0.3, 0.4) is 0 Å². The zero-order valence-electron chi connectivity index (χ0n) is 30.7. The van der Waals surface area contributed by atoms with Gasteiger partial charge in [-0.2, -0.15) is 0 Å². The molecule has 5 aromatic carbocycles. The Morgan fingerprint density at radius 2 is 1.42 bits per heavy atom. The highest BCUT2D eigenvalue weighted by Gasteiger charge is 2.23. The molecule has 0 unspecified atom stereocenters. The molecule has 0 aliphatic carbocycles. The van der Waals surface area contributed by atoms with E-state index < -0.39 is 21.8 Å². The third-order valence-electron chi connectivity index (χ3n) is 9.24. The van der Waals surface area contributed by atoms with Crippen LogP contribution in [0.1, 0.15) is 72.1 Å². The number of hydrogen-bond acceptors (Lipinski definition) is 7. The number of quaternary nitrogens is 1. The largest absolute Gasteiger partial charge is 0.748 e. The van der Waals surface area contributed by atoms with Crippen molar-refractivity contribution in [2.75, 3.05) is 11.1 Å². The number of aryl methyl sites for hydroxylation is 1. The molecule has 1 aromatic heterocycles. The average Bonchev–Trinajstić information content (AvgIpc) is 3.56. The van der Waals surface area contributed by atoms with Crippen LogP contribution in [-0.4, -0.2) is 35.4 Å². The van der Waals surface area contributed by atoms with Crippen LogP contribution in [0, 0.1) is 6.92 Å². The number of hydrogen-bond donors (Lipinski definition) is 2. The maximum atomic E-state index is 14.0. The van der Waals surface area contributed by atoms with E-state index in [1.165, 1.54) is 5.56 Å². The fourth-order valence-electron chi connectivity index (χ4n) is 6.18. The van der Waals surface area contributed by atoms with E-state index >= 15 is 0 Å². The first-order valence-electron chi connectivity index (χ1n) is 17.3. The summed E-state index contributed by atoms with van der Waals surface area (Å²) < 4.78 is 38.8. The van der Waals surface area contributed by atoms with Gasteiger partial charge in [0.25, 0.3) is 0 Å². The number of carbonyl (C=O) groups excluding carboxylic acids is 2. The molecule has 1 atom stereocenters. The minimum absolute atomic E-state index is 0. The Balaban J connectivity index is 0.00000541. The van der Waals surface area contributed by atoms with Gasteiger partial charge in [-0.15, -0.1) is 0 Å². The summed E-state index contributed by atoms with van der Waals surface area (Å²) >= 11 is 0. The fraction of sp³-hybridized carbons (Fsp3) is 0.233. The van der Waals surface area contributed by atoms with Crippen molar-refractivity contribution in [2.45, 2.75) is 58.3 Å². The zero-order valence-corrected chi connectivity index (χ0v) is 31.5. The molecule has 0 saturated heterocycles. The van der Waals surface area contributed by atoms with E-state index in [9.17, 15) is 22.6 Å². The number of carbonyl (C=O) groups is 2. The first kappa shape index (κ1) is 38.8. The number of benzene rings is 5. The highest BCUT2D eigenvalue weighted by molar-refractivity contribution is 7.85. The highest BCUT2D eigenvalue weighted by atomic mass is 32.2. The van der Waals surface area contributed by atoms with E-state index in [1.807, 2.05) is 73.7 Å². The second-order valence-corrected chi connectivity index (χ2v) is 15.7. The number of para-hydroxylation sites is 1. The topological polar surface area (TPSA) is 166 Å². The molecule has 1 amide bonds. The molecule has 0 spiro atoms. The molecule has 0 fully saturated rings. The SMILES string of the molecule is Cc1cccc2nc(-c3ccc(NC(=O)[C@@H](Cc4ccc(C(=O)CCCS(=O)(=O)[O-])cc4)c4ccc(-c5ccc(C(C)(C)C)cc5)cc4)cc3)oc12.[NH4+]. The Labute approximate surface area is 310 Å². The molecule has 274 valence electrons. The van der Waals surface area contributed by atoms with E-state index in [0.29, 0.717) is 23.6 Å². The van der Waals surface area contributed by atoms with Crippen LogP contribution in [0.25, 0.3) is 33.7 Å². The van der Waals surface area contributed by atoms with Gasteiger partial charge in [-0.25, -0.2) is 13.4 Å². The van der Waals surface area contributed by atoms with Gasteiger partial charge in [-0.3, -0.25) is 9.59 Å². The first-order chi connectivity index (χ1) is 24.7. The number of amides is 1. The van der Waals surface area contributed by atoms with Gasteiger partial charge in [-0.1, -0.05) is 106 Å². The molecule has 0 saturated carbocycles. The van der Waals surface area contributed by atoms with Crippen molar-refractivity contribution in [3.05, 3.63) is 143 Å². The van der Waals surface area contributed by atoms with Crippen LogP contribution in [0.5, 0.6) is 0 Å². The number of ketones is 1. The minimum atomic E-state index is -4.37. The molecule has 0 aliphatic heterocycles. The number of Topliss-reactive ketones (excluding diaryl/α,β-unsaturated/α-hetero) is 1. The van der Waals surface area contributed by atoms with Crippen molar-refractivity contribution < 1.29 is 27.0 Å². The second-order valence-electron chi connectivity index (χ2n) is 14.2. The normalized spacial score (nSPS) is 12.2. The van der Waals surface area contributed by atoms with Crippen LogP contribution in [0.15, 0.2) is 120 Å². The maximum Gasteiger partial charge on any atom is 0.232 e. The van der Waals surface area contributed by atoms with Crippen molar-refractivity contribution in [3.8, 4) is 22.6 Å².